The number of hydrogen-bond donors (Lipinski definition) is 1. The molecule has 0 saturated carbocycles. The Bertz CT molecular complexity index is 358. The fourth-order valence-electron chi connectivity index (χ4n) is 2.97. The van der Waals surface area contributed by atoms with Crippen LogP contribution in [0, 0.1) is 6.92 Å². The lowest BCUT2D eigenvalue weighted by atomic mass is 9.98. The fourth-order valence-corrected chi connectivity index (χ4v) is 2.97. The molecule has 1 aliphatic rings. The molecule has 0 radical (unpaired) electrons. The first kappa shape index (κ1) is 14.5. The van der Waals surface area contributed by atoms with E-state index >= 15 is 0 Å². The molecule has 2 nitrogen and oxygen atoms in total. The minimum Gasteiger partial charge on any atom is -0.317 e. The van der Waals surface area contributed by atoms with Crippen LogP contribution in [0.3, 0.4) is 0 Å². The normalized spacial score (nSPS) is 20.6. The molecule has 106 valence electrons. The summed E-state index contributed by atoms with van der Waals surface area (Å²) in [7, 11) is 0. The number of piperidine rings is 1. The first-order valence-electron chi connectivity index (χ1n) is 7.80. The molecule has 19 heavy (non-hydrogen) atoms. The Hall–Kier alpha value is -0.860. The van der Waals surface area contributed by atoms with Gasteiger partial charge in [0.15, 0.2) is 0 Å². The van der Waals surface area contributed by atoms with Gasteiger partial charge in [0.2, 0.25) is 0 Å². The van der Waals surface area contributed by atoms with Crippen molar-refractivity contribution >= 4 is 0 Å². The maximum Gasteiger partial charge on any atom is 0.0236 e. The summed E-state index contributed by atoms with van der Waals surface area (Å²) in [5, 5.41) is 3.46. The van der Waals surface area contributed by atoms with Crippen LogP contribution in [0.4, 0.5) is 0 Å². The van der Waals surface area contributed by atoms with E-state index in [1.807, 2.05) is 0 Å². The van der Waals surface area contributed by atoms with Gasteiger partial charge in [-0.25, -0.2) is 0 Å². The molecule has 1 unspecified atom stereocenters. The van der Waals surface area contributed by atoms with Crippen LogP contribution < -0.4 is 5.32 Å². The second-order valence-electron chi connectivity index (χ2n) is 5.75. The predicted molar refractivity (Wildman–Crippen MR) is 82.4 cm³/mol. The van der Waals surface area contributed by atoms with Crippen molar-refractivity contribution in [2.45, 2.75) is 52.1 Å². The molecule has 0 aliphatic carbocycles. The van der Waals surface area contributed by atoms with E-state index in [2.05, 4.69) is 48.3 Å². The zero-order valence-corrected chi connectivity index (χ0v) is 12.5. The lowest BCUT2D eigenvalue weighted by Crippen LogP contribution is -2.40. The highest BCUT2D eigenvalue weighted by atomic mass is 15.2. The van der Waals surface area contributed by atoms with Crippen LogP contribution in [0.25, 0.3) is 0 Å². The van der Waals surface area contributed by atoms with Crippen LogP contribution in [-0.2, 0) is 6.54 Å². The van der Waals surface area contributed by atoms with E-state index in [1.165, 1.54) is 43.4 Å². The van der Waals surface area contributed by atoms with Gasteiger partial charge in [0, 0.05) is 12.6 Å². The van der Waals surface area contributed by atoms with Gasteiger partial charge in [-0.2, -0.15) is 0 Å². The minimum atomic E-state index is 0.772. The standard InChI is InChI=1S/C17H28N2/c1-3-18-12-11-17-6-4-5-13-19(17)14-16-9-7-15(2)8-10-16/h7-10,17-18H,3-6,11-14H2,1-2H3. The number of rotatable bonds is 6. The monoisotopic (exact) mass is 260 g/mol. The Morgan fingerprint density at radius 1 is 1.21 bits per heavy atom. The molecule has 1 fully saturated rings. The van der Waals surface area contributed by atoms with Crippen molar-refractivity contribution in [3.63, 3.8) is 0 Å². The highest BCUT2D eigenvalue weighted by molar-refractivity contribution is 5.21. The molecular formula is C17H28N2. The maximum atomic E-state index is 3.46. The van der Waals surface area contributed by atoms with Gasteiger partial charge in [0.05, 0.1) is 0 Å². The van der Waals surface area contributed by atoms with Gasteiger partial charge in [-0.15, -0.1) is 0 Å². The van der Waals surface area contributed by atoms with Gasteiger partial charge in [0.1, 0.15) is 0 Å². The van der Waals surface area contributed by atoms with Crippen LogP contribution >= 0.6 is 0 Å². The van der Waals surface area contributed by atoms with Crippen molar-refractivity contribution in [1.29, 1.82) is 0 Å². The summed E-state index contributed by atoms with van der Waals surface area (Å²) in [6.45, 7) is 8.98. The molecule has 0 amide bonds. The summed E-state index contributed by atoms with van der Waals surface area (Å²) in [5.41, 5.74) is 2.81. The molecule has 0 aromatic heterocycles. The third-order valence-corrected chi connectivity index (χ3v) is 4.16. The molecule has 1 aromatic carbocycles. The van der Waals surface area contributed by atoms with Gasteiger partial charge < -0.3 is 5.32 Å². The number of benzene rings is 1. The van der Waals surface area contributed by atoms with E-state index in [0.717, 1.165) is 25.7 Å². The topological polar surface area (TPSA) is 15.3 Å². The van der Waals surface area contributed by atoms with Crippen molar-refractivity contribution in [3.05, 3.63) is 35.4 Å². The van der Waals surface area contributed by atoms with Crippen LogP contribution in [0.1, 0.15) is 43.7 Å². The van der Waals surface area contributed by atoms with Crippen molar-refractivity contribution in [3.8, 4) is 0 Å². The van der Waals surface area contributed by atoms with E-state index in [0.29, 0.717) is 0 Å². The molecule has 2 heteroatoms. The zero-order valence-electron chi connectivity index (χ0n) is 12.5. The van der Waals surface area contributed by atoms with Gasteiger partial charge in [-0.3, -0.25) is 4.90 Å². The van der Waals surface area contributed by atoms with Crippen LogP contribution in [0.2, 0.25) is 0 Å². The summed E-state index contributed by atoms with van der Waals surface area (Å²) >= 11 is 0. The number of aryl methyl sites for hydroxylation is 1. The first-order valence-corrected chi connectivity index (χ1v) is 7.80. The largest absolute Gasteiger partial charge is 0.317 e. The van der Waals surface area contributed by atoms with Gasteiger partial charge in [-0.05, 0) is 51.4 Å². The molecule has 0 spiro atoms. The highest BCUT2D eigenvalue weighted by Crippen LogP contribution is 2.21. The van der Waals surface area contributed by atoms with Crippen molar-refractivity contribution in [1.82, 2.24) is 10.2 Å². The second-order valence-corrected chi connectivity index (χ2v) is 5.75. The summed E-state index contributed by atoms with van der Waals surface area (Å²) in [5.74, 6) is 0. The van der Waals surface area contributed by atoms with Crippen molar-refractivity contribution in [2.75, 3.05) is 19.6 Å². The molecule has 1 heterocycles. The molecule has 1 aliphatic heterocycles. The van der Waals surface area contributed by atoms with Gasteiger partial charge >= 0.3 is 0 Å². The molecule has 0 bridgehead atoms. The number of hydrogen-bond acceptors (Lipinski definition) is 2. The molecule has 1 saturated heterocycles. The van der Waals surface area contributed by atoms with Gasteiger partial charge in [-0.1, -0.05) is 43.2 Å². The number of likely N-dealkylation sites (tertiary alicyclic amines) is 1. The SMILES string of the molecule is CCNCCC1CCCCN1Cc1ccc(C)cc1. The third-order valence-electron chi connectivity index (χ3n) is 4.16. The molecule has 2 rings (SSSR count). The molecule has 1 atom stereocenters. The third kappa shape index (κ3) is 4.63. The van der Waals surface area contributed by atoms with Crippen molar-refractivity contribution in [2.24, 2.45) is 0 Å². The summed E-state index contributed by atoms with van der Waals surface area (Å²) in [4.78, 5) is 2.69. The average Bonchev–Trinajstić information content (AvgIpc) is 2.43. The highest BCUT2D eigenvalue weighted by Gasteiger charge is 2.21. The molecular weight excluding hydrogens is 232 g/mol. The smallest absolute Gasteiger partial charge is 0.0236 e. The number of nitrogens with one attached hydrogen (secondary N) is 1. The van der Waals surface area contributed by atoms with E-state index in [1.54, 1.807) is 0 Å². The van der Waals surface area contributed by atoms with Crippen LogP contribution in [0.5, 0.6) is 0 Å². The lowest BCUT2D eigenvalue weighted by molar-refractivity contribution is 0.132. The lowest BCUT2D eigenvalue weighted by Gasteiger charge is -2.36. The molecule has 1 aromatic rings. The Labute approximate surface area is 118 Å². The van der Waals surface area contributed by atoms with Crippen LogP contribution in [-0.4, -0.2) is 30.6 Å². The van der Waals surface area contributed by atoms with E-state index in [9.17, 15) is 0 Å². The van der Waals surface area contributed by atoms with E-state index in [4.69, 9.17) is 0 Å². The molecule has 1 N–H and O–H groups in total. The van der Waals surface area contributed by atoms with Crippen LogP contribution in [0.15, 0.2) is 24.3 Å². The minimum absolute atomic E-state index is 0.772. The second kappa shape index (κ2) is 7.66. The predicted octanol–water partition coefficient (Wildman–Crippen LogP) is 3.35. The van der Waals surface area contributed by atoms with Gasteiger partial charge in [0.25, 0.3) is 0 Å². The zero-order chi connectivity index (χ0) is 13.5. The average molecular weight is 260 g/mol. The first-order chi connectivity index (χ1) is 9.29. The van der Waals surface area contributed by atoms with Crippen molar-refractivity contribution < 1.29 is 0 Å². The Morgan fingerprint density at radius 2 is 2.00 bits per heavy atom. The van der Waals surface area contributed by atoms with E-state index < -0.39 is 0 Å². The number of nitrogens with zero attached hydrogens (tertiary/aromatic N) is 1. The van der Waals surface area contributed by atoms with E-state index in [-0.39, 0.29) is 0 Å². The summed E-state index contributed by atoms with van der Waals surface area (Å²) in [6.07, 6.45) is 5.43. The Kier molecular flexibility index (Phi) is 5.87. The Balaban J connectivity index is 1.89. The summed E-state index contributed by atoms with van der Waals surface area (Å²) < 4.78 is 0. The Morgan fingerprint density at radius 3 is 2.74 bits per heavy atom. The summed E-state index contributed by atoms with van der Waals surface area (Å²) in [6, 6.07) is 9.80. The fraction of sp³-hybridized carbons (Fsp3) is 0.647. The quantitative estimate of drug-likeness (QED) is 0.789. The maximum absolute atomic E-state index is 3.46.